The van der Waals surface area contributed by atoms with Crippen LogP contribution in [-0.4, -0.2) is 10.9 Å². The Morgan fingerprint density at radius 3 is 2.90 bits per heavy atom. The molecule has 1 amide bonds. The van der Waals surface area contributed by atoms with Gasteiger partial charge in [0, 0.05) is 11.8 Å². The lowest BCUT2D eigenvalue weighted by molar-refractivity contribution is 0.0603. The van der Waals surface area contributed by atoms with Gasteiger partial charge in [-0.05, 0) is 37.5 Å². The Bertz CT molecular complexity index is 669. The summed E-state index contributed by atoms with van der Waals surface area (Å²) in [7, 11) is 0. The van der Waals surface area contributed by atoms with Gasteiger partial charge in [-0.3, -0.25) is 9.78 Å². The molecule has 4 heteroatoms. The summed E-state index contributed by atoms with van der Waals surface area (Å²) < 4.78 is 6.15. The Labute approximate surface area is 117 Å². The molecule has 0 bridgehead atoms. The molecule has 0 saturated heterocycles. The Hall–Kier alpha value is -2.36. The number of para-hydroxylation sites is 1. The summed E-state index contributed by atoms with van der Waals surface area (Å²) in [6.07, 6.45) is 3.26. The number of hydrogen-bond donors (Lipinski definition) is 1. The predicted octanol–water partition coefficient (Wildman–Crippen LogP) is 2.42. The van der Waals surface area contributed by atoms with Crippen molar-refractivity contribution in [3.8, 4) is 5.75 Å². The first kappa shape index (κ1) is 12.7. The number of carbonyl (C=O) groups excluding carboxylic acids is 1. The van der Waals surface area contributed by atoms with Crippen molar-refractivity contribution in [2.75, 3.05) is 0 Å². The van der Waals surface area contributed by atoms with E-state index < -0.39 is 11.5 Å². The third-order valence-electron chi connectivity index (χ3n) is 3.79. The number of nitrogens with two attached hydrogens (primary N) is 1. The molecule has 0 fully saturated rings. The molecular weight excluding hydrogens is 252 g/mol. The number of primary amides is 1. The van der Waals surface area contributed by atoms with Crippen molar-refractivity contribution >= 4 is 5.91 Å². The quantitative estimate of drug-likeness (QED) is 0.909. The number of nitrogens with zero attached hydrogens (tertiary/aromatic N) is 1. The van der Waals surface area contributed by atoms with Crippen LogP contribution in [0.25, 0.3) is 0 Å². The van der Waals surface area contributed by atoms with Gasteiger partial charge in [0.2, 0.25) is 0 Å². The molecule has 2 heterocycles. The zero-order chi connectivity index (χ0) is 14.2. The summed E-state index contributed by atoms with van der Waals surface area (Å²) in [4.78, 5) is 15.7. The molecule has 0 saturated carbocycles. The van der Waals surface area contributed by atoms with Crippen LogP contribution in [0.15, 0.2) is 42.6 Å². The summed E-state index contributed by atoms with van der Waals surface area (Å²) in [6.45, 7) is 1.98. The van der Waals surface area contributed by atoms with E-state index in [1.807, 2.05) is 31.2 Å². The van der Waals surface area contributed by atoms with E-state index in [4.69, 9.17) is 10.5 Å². The Kier molecular flexibility index (Phi) is 2.93. The summed E-state index contributed by atoms with van der Waals surface area (Å²) in [5.74, 6) is 0.338. The highest BCUT2D eigenvalue weighted by molar-refractivity contribution is 5.92. The van der Waals surface area contributed by atoms with Crippen molar-refractivity contribution in [3.63, 3.8) is 0 Å². The highest BCUT2D eigenvalue weighted by atomic mass is 16.5. The summed E-state index contributed by atoms with van der Waals surface area (Å²) >= 11 is 0. The van der Waals surface area contributed by atoms with Crippen molar-refractivity contribution < 1.29 is 9.53 Å². The van der Waals surface area contributed by atoms with Crippen LogP contribution in [0.3, 0.4) is 0 Å². The van der Waals surface area contributed by atoms with Crippen molar-refractivity contribution in [2.45, 2.75) is 25.4 Å². The molecule has 0 aliphatic carbocycles. The normalized spacial score (nSPS) is 20.9. The zero-order valence-corrected chi connectivity index (χ0v) is 11.3. The summed E-state index contributed by atoms with van der Waals surface area (Å²) in [6, 6.07) is 11.6. The van der Waals surface area contributed by atoms with Crippen molar-refractivity contribution in [1.29, 1.82) is 0 Å². The number of rotatable bonds is 2. The van der Waals surface area contributed by atoms with E-state index in [0.717, 1.165) is 24.2 Å². The number of ether oxygens (including phenoxy) is 1. The lowest BCUT2D eigenvalue weighted by Gasteiger charge is -2.36. The van der Waals surface area contributed by atoms with Crippen LogP contribution in [0.2, 0.25) is 0 Å². The molecular formula is C16H16N2O2. The number of amides is 1. The maximum atomic E-state index is 11.6. The van der Waals surface area contributed by atoms with Gasteiger partial charge in [0.15, 0.2) is 0 Å². The molecule has 1 aliphatic heterocycles. The maximum Gasteiger partial charge on any atom is 0.267 e. The van der Waals surface area contributed by atoms with Gasteiger partial charge in [-0.2, -0.15) is 0 Å². The standard InChI is InChI=1S/C16H16N2O2/c1-16(12-6-4-10-18-14(12)15(17)19)9-8-11-5-2-3-7-13(11)20-16/h2-7,10H,8-9H2,1H3,(H2,17,19). The minimum absolute atomic E-state index is 0.286. The van der Waals surface area contributed by atoms with E-state index in [0.29, 0.717) is 0 Å². The number of aryl methyl sites for hydroxylation is 1. The molecule has 1 atom stereocenters. The number of pyridine rings is 1. The monoisotopic (exact) mass is 268 g/mol. The van der Waals surface area contributed by atoms with Crippen molar-refractivity contribution in [2.24, 2.45) is 5.73 Å². The fraction of sp³-hybridized carbons (Fsp3) is 0.250. The van der Waals surface area contributed by atoms with Crippen LogP contribution < -0.4 is 10.5 Å². The van der Waals surface area contributed by atoms with Gasteiger partial charge in [0.05, 0.1) is 0 Å². The molecule has 0 radical (unpaired) electrons. The van der Waals surface area contributed by atoms with Crippen LogP contribution in [0.5, 0.6) is 5.75 Å². The minimum atomic E-state index is -0.576. The lowest BCUT2D eigenvalue weighted by Crippen LogP contribution is -2.36. The van der Waals surface area contributed by atoms with Gasteiger partial charge in [0.1, 0.15) is 17.0 Å². The lowest BCUT2D eigenvalue weighted by atomic mass is 9.85. The first-order valence-electron chi connectivity index (χ1n) is 6.62. The molecule has 2 aromatic rings. The highest BCUT2D eigenvalue weighted by Crippen LogP contribution is 2.39. The van der Waals surface area contributed by atoms with E-state index >= 15 is 0 Å². The molecule has 102 valence electrons. The summed E-state index contributed by atoms with van der Waals surface area (Å²) in [5, 5.41) is 0. The number of aromatic nitrogens is 1. The van der Waals surface area contributed by atoms with Crippen LogP contribution in [-0.2, 0) is 12.0 Å². The predicted molar refractivity (Wildman–Crippen MR) is 75.5 cm³/mol. The Morgan fingerprint density at radius 2 is 2.10 bits per heavy atom. The minimum Gasteiger partial charge on any atom is -0.482 e. The number of hydrogen-bond acceptors (Lipinski definition) is 3. The molecule has 3 rings (SSSR count). The van der Waals surface area contributed by atoms with Gasteiger partial charge in [0.25, 0.3) is 5.91 Å². The number of fused-ring (bicyclic) bond motifs is 1. The van der Waals surface area contributed by atoms with Gasteiger partial charge >= 0.3 is 0 Å². The SMILES string of the molecule is CC1(c2cccnc2C(N)=O)CCc2ccccc2O1. The van der Waals surface area contributed by atoms with Gasteiger partial charge in [-0.15, -0.1) is 0 Å². The summed E-state index contributed by atoms with van der Waals surface area (Å²) in [5.41, 5.74) is 7.07. The van der Waals surface area contributed by atoms with E-state index in [2.05, 4.69) is 11.1 Å². The number of benzene rings is 1. The van der Waals surface area contributed by atoms with Crippen molar-refractivity contribution in [1.82, 2.24) is 4.98 Å². The van der Waals surface area contributed by atoms with Crippen LogP contribution >= 0.6 is 0 Å². The zero-order valence-electron chi connectivity index (χ0n) is 11.3. The molecule has 2 N–H and O–H groups in total. The van der Waals surface area contributed by atoms with E-state index in [1.165, 1.54) is 5.56 Å². The molecule has 1 unspecified atom stereocenters. The van der Waals surface area contributed by atoms with Crippen LogP contribution in [0, 0.1) is 0 Å². The van der Waals surface area contributed by atoms with E-state index in [-0.39, 0.29) is 5.69 Å². The van der Waals surface area contributed by atoms with E-state index in [9.17, 15) is 4.79 Å². The largest absolute Gasteiger partial charge is 0.482 e. The average molecular weight is 268 g/mol. The topological polar surface area (TPSA) is 65.2 Å². The highest BCUT2D eigenvalue weighted by Gasteiger charge is 2.36. The smallest absolute Gasteiger partial charge is 0.267 e. The molecule has 0 spiro atoms. The van der Waals surface area contributed by atoms with Gasteiger partial charge in [-0.1, -0.05) is 24.3 Å². The third-order valence-corrected chi connectivity index (χ3v) is 3.79. The van der Waals surface area contributed by atoms with Gasteiger partial charge < -0.3 is 10.5 Å². The van der Waals surface area contributed by atoms with Crippen molar-refractivity contribution in [3.05, 3.63) is 59.4 Å². The second-order valence-electron chi connectivity index (χ2n) is 5.20. The second kappa shape index (κ2) is 4.63. The Balaban J connectivity index is 2.05. The fourth-order valence-electron chi connectivity index (χ4n) is 2.69. The molecule has 1 aliphatic rings. The maximum absolute atomic E-state index is 11.6. The molecule has 1 aromatic heterocycles. The third kappa shape index (κ3) is 2.03. The Morgan fingerprint density at radius 1 is 1.30 bits per heavy atom. The van der Waals surface area contributed by atoms with Crippen LogP contribution in [0.1, 0.15) is 35.0 Å². The molecule has 4 nitrogen and oxygen atoms in total. The molecule has 20 heavy (non-hydrogen) atoms. The first-order chi connectivity index (χ1) is 9.60. The number of carbonyl (C=O) groups is 1. The first-order valence-corrected chi connectivity index (χ1v) is 6.62. The van der Waals surface area contributed by atoms with Crippen LogP contribution in [0.4, 0.5) is 0 Å². The van der Waals surface area contributed by atoms with E-state index in [1.54, 1.807) is 12.3 Å². The average Bonchev–Trinajstić information content (AvgIpc) is 2.47. The van der Waals surface area contributed by atoms with Gasteiger partial charge in [-0.25, -0.2) is 0 Å². The molecule has 1 aromatic carbocycles. The fourth-order valence-corrected chi connectivity index (χ4v) is 2.69. The second-order valence-corrected chi connectivity index (χ2v) is 5.20.